The number of aromatic carboxylic acids is 1. The van der Waals surface area contributed by atoms with Crippen LogP contribution in [0.25, 0.3) is 16.9 Å². The molecule has 3 aromatic rings. The highest BCUT2D eigenvalue weighted by Crippen LogP contribution is 2.27. The second-order valence-corrected chi connectivity index (χ2v) is 4.43. The minimum atomic E-state index is -1.39. The molecule has 0 aliphatic heterocycles. The van der Waals surface area contributed by atoms with Crippen molar-refractivity contribution in [2.24, 2.45) is 0 Å². The van der Waals surface area contributed by atoms with Crippen molar-refractivity contribution in [2.45, 2.75) is 0 Å². The molecule has 21 heavy (non-hydrogen) atoms. The molecule has 0 atom stereocenters. The summed E-state index contributed by atoms with van der Waals surface area (Å²) in [6.45, 7) is 0. The molecule has 0 bridgehead atoms. The van der Waals surface area contributed by atoms with Crippen LogP contribution in [0.1, 0.15) is 10.5 Å². The average molecular weight is 282 g/mol. The van der Waals surface area contributed by atoms with Crippen LogP contribution in [0.4, 0.5) is 4.39 Å². The molecule has 0 unspecified atom stereocenters. The van der Waals surface area contributed by atoms with Crippen LogP contribution < -0.4 is 0 Å². The van der Waals surface area contributed by atoms with Gasteiger partial charge < -0.3 is 5.11 Å². The first-order valence-corrected chi connectivity index (χ1v) is 6.31. The highest BCUT2D eigenvalue weighted by atomic mass is 19.1. The molecule has 0 saturated heterocycles. The predicted octanol–water partition coefficient (Wildman–Crippen LogP) is 3.38. The number of carboxylic acids is 1. The molecule has 0 spiro atoms. The van der Waals surface area contributed by atoms with Crippen molar-refractivity contribution in [1.29, 1.82) is 0 Å². The summed E-state index contributed by atoms with van der Waals surface area (Å²) in [4.78, 5) is 11.1. The number of benzene rings is 2. The second kappa shape index (κ2) is 5.20. The number of carbonyl (C=O) groups is 1. The van der Waals surface area contributed by atoms with Gasteiger partial charge in [0.1, 0.15) is 5.69 Å². The van der Waals surface area contributed by atoms with Gasteiger partial charge >= 0.3 is 5.97 Å². The van der Waals surface area contributed by atoms with Crippen molar-refractivity contribution in [3.8, 4) is 16.9 Å². The summed E-state index contributed by atoms with van der Waals surface area (Å²) in [7, 11) is 0. The van der Waals surface area contributed by atoms with Gasteiger partial charge in [-0.15, -0.1) is 0 Å². The maximum atomic E-state index is 14.5. The maximum Gasteiger partial charge on any atom is 0.359 e. The van der Waals surface area contributed by atoms with Gasteiger partial charge in [0.05, 0.1) is 5.69 Å². The Bertz CT molecular complexity index is 783. The van der Waals surface area contributed by atoms with Crippen LogP contribution in [0.3, 0.4) is 0 Å². The highest BCUT2D eigenvalue weighted by Gasteiger charge is 2.24. The Morgan fingerprint density at radius 2 is 1.57 bits per heavy atom. The van der Waals surface area contributed by atoms with Crippen LogP contribution in [-0.4, -0.2) is 20.9 Å². The molecule has 5 heteroatoms. The lowest BCUT2D eigenvalue weighted by atomic mass is 10.1. The van der Waals surface area contributed by atoms with Crippen LogP contribution in [0.2, 0.25) is 0 Å². The van der Waals surface area contributed by atoms with Gasteiger partial charge in [-0.3, -0.25) is 0 Å². The molecule has 1 aromatic heterocycles. The summed E-state index contributed by atoms with van der Waals surface area (Å²) >= 11 is 0. The molecule has 0 aliphatic rings. The Morgan fingerprint density at radius 1 is 1.00 bits per heavy atom. The topological polar surface area (TPSA) is 55.1 Å². The fourth-order valence-corrected chi connectivity index (χ4v) is 2.14. The molecule has 4 nitrogen and oxygen atoms in total. The van der Waals surface area contributed by atoms with Crippen molar-refractivity contribution in [2.75, 3.05) is 0 Å². The first-order chi connectivity index (χ1) is 10.2. The standard InChI is InChI=1S/C16H11FN2O2/c17-13-14(16(20)21)18-19(12-9-5-2-6-10-12)15(13)11-7-3-1-4-8-11/h1-10H,(H,20,21). The Kier molecular flexibility index (Phi) is 3.23. The summed E-state index contributed by atoms with van der Waals surface area (Å²) in [5.74, 6) is -2.23. The van der Waals surface area contributed by atoms with Gasteiger partial charge in [-0.05, 0) is 12.1 Å². The van der Waals surface area contributed by atoms with E-state index in [-0.39, 0.29) is 5.69 Å². The van der Waals surface area contributed by atoms with Gasteiger partial charge in [0.15, 0.2) is 5.82 Å². The Balaban J connectivity index is 2.29. The SMILES string of the molecule is O=C(O)c1nn(-c2ccccc2)c(-c2ccccc2)c1F. The monoisotopic (exact) mass is 282 g/mol. The van der Waals surface area contributed by atoms with Crippen LogP contribution in [0.15, 0.2) is 60.7 Å². The number of rotatable bonds is 3. The minimum absolute atomic E-state index is 0.138. The van der Waals surface area contributed by atoms with E-state index in [9.17, 15) is 9.18 Å². The molecule has 1 N–H and O–H groups in total. The van der Waals surface area contributed by atoms with Gasteiger partial charge in [-0.2, -0.15) is 5.10 Å². The summed E-state index contributed by atoms with van der Waals surface area (Å²) in [5, 5.41) is 13.0. The lowest BCUT2D eigenvalue weighted by Crippen LogP contribution is -2.02. The number of halogens is 1. The van der Waals surface area contributed by atoms with Gasteiger partial charge in [0, 0.05) is 5.56 Å². The van der Waals surface area contributed by atoms with Gasteiger partial charge in [0.2, 0.25) is 5.69 Å². The zero-order valence-corrected chi connectivity index (χ0v) is 10.9. The van der Waals surface area contributed by atoms with E-state index in [0.29, 0.717) is 11.3 Å². The molecule has 1 heterocycles. The van der Waals surface area contributed by atoms with Crippen LogP contribution in [0.5, 0.6) is 0 Å². The van der Waals surface area contributed by atoms with Crippen molar-refractivity contribution in [3.63, 3.8) is 0 Å². The van der Waals surface area contributed by atoms with E-state index >= 15 is 0 Å². The number of hydrogen-bond donors (Lipinski definition) is 1. The van der Waals surface area contributed by atoms with Gasteiger partial charge in [0.25, 0.3) is 0 Å². The number of hydrogen-bond acceptors (Lipinski definition) is 2. The van der Waals surface area contributed by atoms with Crippen molar-refractivity contribution >= 4 is 5.97 Å². The van der Waals surface area contributed by atoms with E-state index in [0.717, 1.165) is 0 Å². The van der Waals surface area contributed by atoms with Crippen LogP contribution in [0, 0.1) is 5.82 Å². The van der Waals surface area contributed by atoms with Gasteiger partial charge in [-0.1, -0.05) is 48.5 Å². The fourth-order valence-electron chi connectivity index (χ4n) is 2.14. The van der Waals surface area contributed by atoms with E-state index in [1.807, 2.05) is 12.1 Å². The molecule has 0 amide bonds. The summed E-state index contributed by atoms with van der Waals surface area (Å²) in [6.07, 6.45) is 0. The van der Waals surface area contributed by atoms with E-state index < -0.39 is 17.5 Å². The molecule has 0 saturated carbocycles. The van der Waals surface area contributed by atoms with E-state index in [1.54, 1.807) is 48.5 Å². The first-order valence-electron chi connectivity index (χ1n) is 6.31. The van der Waals surface area contributed by atoms with Crippen molar-refractivity contribution in [3.05, 3.63) is 72.2 Å². The molecular weight excluding hydrogens is 271 g/mol. The van der Waals surface area contributed by atoms with Gasteiger partial charge in [-0.25, -0.2) is 13.9 Å². The Morgan fingerprint density at radius 3 is 2.14 bits per heavy atom. The van der Waals surface area contributed by atoms with E-state index in [1.165, 1.54) is 4.68 Å². The Labute approximate surface area is 120 Å². The quantitative estimate of drug-likeness (QED) is 0.801. The highest BCUT2D eigenvalue weighted by molar-refractivity contribution is 5.87. The smallest absolute Gasteiger partial charge is 0.359 e. The lowest BCUT2D eigenvalue weighted by Gasteiger charge is -2.07. The van der Waals surface area contributed by atoms with Crippen LogP contribution in [-0.2, 0) is 0 Å². The predicted molar refractivity (Wildman–Crippen MR) is 75.9 cm³/mol. The normalized spacial score (nSPS) is 10.5. The molecule has 0 fully saturated rings. The molecular formula is C16H11FN2O2. The third kappa shape index (κ3) is 2.29. The Hall–Kier alpha value is -2.95. The van der Waals surface area contributed by atoms with Crippen LogP contribution >= 0.6 is 0 Å². The summed E-state index contributed by atoms with van der Waals surface area (Å²) < 4.78 is 15.8. The largest absolute Gasteiger partial charge is 0.476 e. The zero-order chi connectivity index (χ0) is 14.8. The van der Waals surface area contributed by atoms with E-state index in [4.69, 9.17) is 5.11 Å². The third-order valence-corrected chi connectivity index (χ3v) is 3.08. The number of aromatic nitrogens is 2. The molecule has 0 aliphatic carbocycles. The summed E-state index contributed by atoms with van der Waals surface area (Å²) in [5.41, 5.74) is 0.721. The maximum absolute atomic E-state index is 14.5. The second-order valence-electron chi connectivity index (χ2n) is 4.43. The zero-order valence-electron chi connectivity index (χ0n) is 10.9. The third-order valence-electron chi connectivity index (χ3n) is 3.08. The fraction of sp³-hybridized carbons (Fsp3) is 0. The molecule has 104 valence electrons. The first kappa shape index (κ1) is 13.1. The lowest BCUT2D eigenvalue weighted by molar-refractivity contribution is 0.0685. The number of nitrogens with zero attached hydrogens (tertiary/aromatic N) is 2. The van der Waals surface area contributed by atoms with Crippen molar-refractivity contribution in [1.82, 2.24) is 9.78 Å². The van der Waals surface area contributed by atoms with E-state index in [2.05, 4.69) is 5.10 Å². The number of para-hydroxylation sites is 1. The minimum Gasteiger partial charge on any atom is -0.476 e. The number of carboxylic acid groups (broad SMARTS) is 1. The van der Waals surface area contributed by atoms with Crippen molar-refractivity contribution < 1.29 is 14.3 Å². The molecule has 0 radical (unpaired) electrons. The molecule has 3 rings (SSSR count). The average Bonchev–Trinajstić information content (AvgIpc) is 2.87. The molecule has 2 aromatic carbocycles. The summed E-state index contributed by atoms with van der Waals surface area (Å²) in [6, 6.07) is 17.6.